The summed E-state index contributed by atoms with van der Waals surface area (Å²) in [6, 6.07) is 20.3. The second-order valence-electron chi connectivity index (χ2n) is 8.84. The zero-order valence-corrected chi connectivity index (χ0v) is 22.9. The van der Waals surface area contributed by atoms with Gasteiger partial charge in [0.1, 0.15) is 12.4 Å². The van der Waals surface area contributed by atoms with E-state index in [1.165, 1.54) is 37.6 Å². The van der Waals surface area contributed by atoms with Crippen LogP contribution in [-0.2, 0) is 12.8 Å². The van der Waals surface area contributed by atoms with Gasteiger partial charge in [-0.15, -0.1) is 0 Å². The maximum atomic E-state index is 13.4. The fraction of sp³-hybridized carbons (Fsp3) is 0.100. The molecule has 1 heterocycles. The molecule has 0 atom stereocenters. The molecule has 4 aromatic carbocycles. The highest BCUT2D eigenvalue weighted by atomic mass is 79.9. The molecule has 0 aliphatic rings. The third-order valence-electron chi connectivity index (χ3n) is 6.07. The van der Waals surface area contributed by atoms with Crippen LogP contribution in [0.25, 0.3) is 22.3 Å². The van der Waals surface area contributed by atoms with Crippen molar-refractivity contribution in [3.8, 4) is 22.9 Å². The Morgan fingerprint density at radius 2 is 1.76 bits per heavy atom. The van der Waals surface area contributed by atoms with Crippen molar-refractivity contribution in [2.75, 3.05) is 7.11 Å². The number of hydrogen-bond acceptors (Lipinski definition) is 5. The Morgan fingerprint density at radius 1 is 1.00 bits per heavy atom. The quantitative estimate of drug-likeness (QED) is 0.139. The number of ether oxygens (including phenoxy) is 2. The monoisotopic (exact) mass is 625 g/mol. The first-order chi connectivity index (χ1) is 19.6. The third kappa shape index (κ3) is 6.14. The summed E-state index contributed by atoms with van der Waals surface area (Å²) in [5.41, 5.74) is 0.211. The van der Waals surface area contributed by atoms with Crippen LogP contribution < -0.4 is 15.0 Å². The predicted molar refractivity (Wildman–Crippen MR) is 151 cm³/mol. The molecule has 0 saturated heterocycles. The van der Waals surface area contributed by atoms with E-state index in [1.807, 2.05) is 0 Å². The summed E-state index contributed by atoms with van der Waals surface area (Å²) in [6.45, 7) is 0.154. The standard InChI is InChI=1S/C30H20BrF4N3O3/c1-40-26-14-19(13-24(31)27(26)41-17-18-9-11-22(32)12-10-18)16-36-38-28(20-5-4-6-21(15-20)30(33,34)35)37-25-8-3-2-7-23(25)29(38)39/h2-16H,17H2,1H3. The summed E-state index contributed by atoms with van der Waals surface area (Å²) in [7, 11) is 1.46. The van der Waals surface area contributed by atoms with Gasteiger partial charge in [-0.25, -0.2) is 9.37 Å². The molecule has 0 amide bonds. The van der Waals surface area contributed by atoms with Gasteiger partial charge >= 0.3 is 6.18 Å². The molecule has 11 heteroatoms. The molecule has 208 valence electrons. The van der Waals surface area contributed by atoms with Crippen LogP contribution in [0.3, 0.4) is 0 Å². The molecule has 0 saturated carbocycles. The molecular formula is C30H20BrF4N3O3. The molecule has 41 heavy (non-hydrogen) atoms. The molecule has 0 N–H and O–H groups in total. The summed E-state index contributed by atoms with van der Waals surface area (Å²) in [5, 5.41) is 4.58. The molecule has 0 aliphatic heterocycles. The van der Waals surface area contributed by atoms with Crippen molar-refractivity contribution < 1.29 is 27.0 Å². The Kier molecular flexibility index (Phi) is 7.89. The van der Waals surface area contributed by atoms with Crippen molar-refractivity contribution in [1.82, 2.24) is 9.66 Å². The van der Waals surface area contributed by atoms with E-state index in [-0.39, 0.29) is 29.2 Å². The molecule has 5 rings (SSSR count). The number of benzene rings is 4. The molecule has 6 nitrogen and oxygen atoms in total. The van der Waals surface area contributed by atoms with Crippen LogP contribution in [0.1, 0.15) is 16.7 Å². The van der Waals surface area contributed by atoms with Crippen molar-refractivity contribution in [3.05, 3.63) is 122 Å². The minimum atomic E-state index is -4.58. The van der Waals surface area contributed by atoms with Crippen LogP contribution in [0.2, 0.25) is 0 Å². The third-order valence-corrected chi connectivity index (χ3v) is 6.66. The van der Waals surface area contributed by atoms with Crippen LogP contribution in [0.4, 0.5) is 17.6 Å². The van der Waals surface area contributed by atoms with Crippen molar-refractivity contribution in [1.29, 1.82) is 0 Å². The largest absolute Gasteiger partial charge is 0.493 e. The van der Waals surface area contributed by atoms with Gasteiger partial charge in [0.05, 0.1) is 34.3 Å². The average molecular weight is 626 g/mol. The molecule has 1 aromatic heterocycles. The Hall–Kier alpha value is -4.51. The lowest BCUT2D eigenvalue weighted by molar-refractivity contribution is -0.137. The highest BCUT2D eigenvalue weighted by molar-refractivity contribution is 9.10. The Labute approximate surface area is 239 Å². The van der Waals surface area contributed by atoms with Gasteiger partial charge in [0.25, 0.3) is 5.56 Å². The predicted octanol–water partition coefficient (Wildman–Crippen LogP) is 7.45. The topological polar surface area (TPSA) is 65.7 Å². The van der Waals surface area contributed by atoms with Crippen LogP contribution in [0, 0.1) is 5.82 Å². The number of nitrogens with zero attached hydrogens (tertiary/aromatic N) is 3. The van der Waals surface area contributed by atoms with Crippen molar-refractivity contribution in [2.45, 2.75) is 12.8 Å². The van der Waals surface area contributed by atoms with Gasteiger partial charge in [0, 0.05) is 5.56 Å². The lowest BCUT2D eigenvalue weighted by Crippen LogP contribution is -2.20. The van der Waals surface area contributed by atoms with Crippen LogP contribution >= 0.6 is 15.9 Å². The summed E-state index contributed by atoms with van der Waals surface area (Å²) in [5.74, 6) is 0.336. The van der Waals surface area contributed by atoms with E-state index in [4.69, 9.17) is 9.47 Å². The molecule has 0 fully saturated rings. The van der Waals surface area contributed by atoms with Gasteiger partial charge in [-0.1, -0.05) is 36.4 Å². The lowest BCUT2D eigenvalue weighted by Gasteiger charge is -2.14. The molecular weight excluding hydrogens is 606 g/mol. The van der Waals surface area contributed by atoms with Gasteiger partial charge in [0.2, 0.25) is 0 Å². The molecule has 5 aromatic rings. The van der Waals surface area contributed by atoms with Gasteiger partial charge in [0.15, 0.2) is 17.3 Å². The van der Waals surface area contributed by atoms with Crippen molar-refractivity contribution in [2.24, 2.45) is 5.10 Å². The van der Waals surface area contributed by atoms with E-state index in [9.17, 15) is 22.4 Å². The molecule has 0 aliphatic carbocycles. The van der Waals surface area contributed by atoms with E-state index in [0.717, 1.165) is 22.4 Å². The van der Waals surface area contributed by atoms with E-state index in [0.29, 0.717) is 27.1 Å². The molecule has 0 bridgehead atoms. The number of methoxy groups -OCH3 is 1. The Morgan fingerprint density at radius 3 is 2.49 bits per heavy atom. The number of hydrogen-bond donors (Lipinski definition) is 0. The molecule has 0 unspecified atom stereocenters. The van der Waals surface area contributed by atoms with Gasteiger partial charge in [-0.05, 0) is 75.6 Å². The summed E-state index contributed by atoms with van der Waals surface area (Å²) in [4.78, 5) is 17.9. The number of halogens is 5. The minimum Gasteiger partial charge on any atom is -0.493 e. The summed E-state index contributed by atoms with van der Waals surface area (Å²) in [6.07, 6.45) is -3.21. The van der Waals surface area contributed by atoms with Crippen LogP contribution in [0.15, 0.2) is 99.3 Å². The maximum absolute atomic E-state index is 13.4. The molecule has 0 radical (unpaired) electrons. The smallest absolute Gasteiger partial charge is 0.416 e. The van der Waals surface area contributed by atoms with Gasteiger partial charge < -0.3 is 9.47 Å². The fourth-order valence-corrected chi connectivity index (χ4v) is 4.64. The zero-order chi connectivity index (χ0) is 29.1. The maximum Gasteiger partial charge on any atom is 0.416 e. The highest BCUT2D eigenvalue weighted by Gasteiger charge is 2.31. The lowest BCUT2D eigenvalue weighted by atomic mass is 10.1. The van der Waals surface area contributed by atoms with Crippen molar-refractivity contribution >= 4 is 33.0 Å². The van der Waals surface area contributed by atoms with E-state index in [2.05, 4.69) is 26.0 Å². The second kappa shape index (κ2) is 11.5. The Balaban J connectivity index is 1.54. The minimum absolute atomic E-state index is 0.0543. The van der Waals surface area contributed by atoms with Gasteiger partial charge in [-0.2, -0.15) is 22.9 Å². The number of para-hydroxylation sites is 1. The first-order valence-electron chi connectivity index (χ1n) is 12.1. The highest BCUT2D eigenvalue weighted by Crippen LogP contribution is 2.37. The number of alkyl halides is 3. The second-order valence-corrected chi connectivity index (χ2v) is 9.70. The first kappa shape index (κ1) is 28.0. The first-order valence-corrected chi connectivity index (χ1v) is 12.9. The SMILES string of the molecule is COc1cc(C=Nn2c(-c3cccc(C(F)(F)F)c3)nc3ccccc3c2=O)cc(Br)c1OCc1ccc(F)cc1. The summed E-state index contributed by atoms with van der Waals surface area (Å²) >= 11 is 3.46. The number of fused-ring (bicyclic) bond motifs is 1. The summed E-state index contributed by atoms with van der Waals surface area (Å²) < 4.78 is 66.4. The Bertz CT molecular complexity index is 1820. The number of aromatic nitrogens is 2. The zero-order valence-electron chi connectivity index (χ0n) is 21.3. The van der Waals surface area contributed by atoms with E-state index < -0.39 is 17.3 Å². The number of rotatable bonds is 7. The normalized spacial score (nSPS) is 11.8. The van der Waals surface area contributed by atoms with Gasteiger partial charge in [-0.3, -0.25) is 4.79 Å². The van der Waals surface area contributed by atoms with E-state index in [1.54, 1.807) is 48.5 Å². The van der Waals surface area contributed by atoms with Crippen LogP contribution in [-0.4, -0.2) is 23.0 Å². The molecule has 0 spiro atoms. The fourth-order valence-electron chi connectivity index (χ4n) is 4.07. The van der Waals surface area contributed by atoms with E-state index >= 15 is 0 Å². The van der Waals surface area contributed by atoms with Crippen molar-refractivity contribution in [3.63, 3.8) is 0 Å². The average Bonchev–Trinajstić information content (AvgIpc) is 2.96. The van der Waals surface area contributed by atoms with Crippen LogP contribution in [0.5, 0.6) is 11.5 Å².